The number of nitrogens with two attached hydrogens (primary N) is 2. The molecule has 4 heteroatoms. The van der Waals surface area contributed by atoms with Crippen molar-refractivity contribution in [1.82, 2.24) is 0 Å². The molecule has 0 fully saturated rings. The first-order valence-corrected chi connectivity index (χ1v) is 4.32. The van der Waals surface area contributed by atoms with Gasteiger partial charge in [0.2, 0.25) is 0 Å². The first-order chi connectivity index (χ1) is 5.93. The van der Waals surface area contributed by atoms with E-state index in [9.17, 15) is 4.79 Å². The Hall–Kier alpha value is -0.870. The van der Waals surface area contributed by atoms with Gasteiger partial charge in [-0.2, -0.15) is 0 Å². The smallest absolute Gasteiger partial charge is 0.320 e. The molecule has 0 aliphatic heterocycles. The first-order valence-electron chi connectivity index (χ1n) is 4.32. The summed E-state index contributed by atoms with van der Waals surface area (Å²) in [6.45, 7) is 3.91. The van der Waals surface area contributed by atoms with Crippen LogP contribution in [0.2, 0.25) is 0 Å². The van der Waals surface area contributed by atoms with Crippen LogP contribution in [-0.2, 0) is 4.79 Å². The lowest BCUT2D eigenvalue weighted by Crippen LogP contribution is -2.32. The van der Waals surface area contributed by atoms with Crippen molar-refractivity contribution >= 4 is 5.97 Å². The van der Waals surface area contributed by atoms with E-state index in [2.05, 4.69) is 0 Å². The van der Waals surface area contributed by atoms with Crippen molar-refractivity contribution in [1.29, 1.82) is 0 Å². The number of rotatable bonds is 5. The molecule has 0 aromatic rings. The van der Waals surface area contributed by atoms with Gasteiger partial charge in [-0.05, 0) is 26.7 Å². The van der Waals surface area contributed by atoms with Gasteiger partial charge in [-0.3, -0.25) is 4.79 Å². The first kappa shape index (κ1) is 12.1. The Morgan fingerprint density at radius 1 is 1.38 bits per heavy atom. The van der Waals surface area contributed by atoms with Crippen molar-refractivity contribution in [3.8, 4) is 0 Å². The lowest BCUT2D eigenvalue weighted by molar-refractivity contribution is -0.138. The molecule has 0 heterocycles. The van der Waals surface area contributed by atoms with Gasteiger partial charge in [0.1, 0.15) is 6.04 Å². The summed E-state index contributed by atoms with van der Waals surface area (Å²) in [5.74, 6) is -0.968. The molecule has 0 radical (unpaired) electrons. The van der Waals surface area contributed by atoms with Crippen molar-refractivity contribution in [2.75, 3.05) is 0 Å². The van der Waals surface area contributed by atoms with Gasteiger partial charge in [0, 0.05) is 6.04 Å². The minimum absolute atomic E-state index is 0.0876. The average Bonchev–Trinajstić information content (AvgIpc) is 1.98. The van der Waals surface area contributed by atoms with E-state index in [0.717, 1.165) is 5.57 Å². The minimum atomic E-state index is -0.968. The summed E-state index contributed by atoms with van der Waals surface area (Å²) in [5.41, 5.74) is 12.2. The minimum Gasteiger partial charge on any atom is -0.480 e. The summed E-state index contributed by atoms with van der Waals surface area (Å²) < 4.78 is 0. The largest absolute Gasteiger partial charge is 0.480 e. The predicted octanol–water partition coefficient (Wildman–Crippen LogP) is 0.472. The lowest BCUT2D eigenvalue weighted by Gasteiger charge is -2.09. The standard InChI is InChI=1S/C9H18N2O2/c1-6(2)5-7(10)3-4-8(11)9(12)13/h5,7-8H,3-4,10-11H2,1-2H3,(H,12,13). The van der Waals surface area contributed by atoms with Gasteiger partial charge in [-0.15, -0.1) is 0 Å². The zero-order chi connectivity index (χ0) is 10.4. The molecule has 0 aliphatic rings. The number of hydrogen-bond acceptors (Lipinski definition) is 3. The molecule has 2 unspecified atom stereocenters. The van der Waals surface area contributed by atoms with Gasteiger partial charge in [0.05, 0.1) is 0 Å². The normalized spacial score (nSPS) is 14.8. The number of aliphatic carboxylic acids is 1. The average molecular weight is 186 g/mol. The van der Waals surface area contributed by atoms with Gasteiger partial charge < -0.3 is 16.6 Å². The molecule has 0 spiro atoms. The van der Waals surface area contributed by atoms with Crippen molar-refractivity contribution in [2.24, 2.45) is 11.5 Å². The SMILES string of the molecule is CC(C)=CC(N)CCC(N)C(=O)O. The Kier molecular flexibility index (Phi) is 5.34. The highest BCUT2D eigenvalue weighted by Crippen LogP contribution is 2.02. The molecule has 0 saturated carbocycles. The second kappa shape index (κ2) is 5.72. The molecule has 0 aromatic heterocycles. The molecule has 4 nitrogen and oxygen atoms in total. The zero-order valence-electron chi connectivity index (χ0n) is 8.16. The van der Waals surface area contributed by atoms with Crippen LogP contribution < -0.4 is 11.5 Å². The van der Waals surface area contributed by atoms with E-state index in [-0.39, 0.29) is 6.04 Å². The van der Waals surface area contributed by atoms with E-state index >= 15 is 0 Å². The van der Waals surface area contributed by atoms with Crippen LogP contribution in [0.15, 0.2) is 11.6 Å². The van der Waals surface area contributed by atoms with E-state index in [1.165, 1.54) is 0 Å². The predicted molar refractivity (Wildman–Crippen MR) is 52.3 cm³/mol. The highest BCUT2D eigenvalue weighted by atomic mass is 16.4. The quantitative estimate of drug-likeness (QED) is 0.544. The third-order valence-corrected chi connectivity index (χ3v) is 1.68. The fraction of sp³-hybridized carbons (Fsp3) is 0.667. The Bertz CT molecular complexity index is 198. The maximum atomic E-state index is 10.4. The summed E-state index contributed by atoms with van der Waals surface area (Å²) in [5, 5.41) is 8.50. The molecule has 5 N–H and O–H groups in total. The molecule has 2 atom stereocenters. The van der Waals surface area contributed by atoms with Gasteiger partial charge in [0.25, 0.3) is 0 Å². The topological polar surface area (TPSA) is 89.3 Å². The van der Waals surface area contributed by atoms with E-state index in [1.54, 1.807) is 0 Å². The molecular formula is C9H18N2O2. The van der Waals surface area contributed by atoms with Crippen LogP contribution in [0, 0.1) is 0 Å². The van der Waals surface area contributed by atoms with Crippen molar-refractivity contribution in [3.63, 3.8) is 0 Å². The van der Waals surface area contributed by atoms with E-state index in [4.69, 9.17) is 16.6 Å². The second-order valence-electron chi connectivity index (χ2n) is 3.43. The number of carbonyl (C=O) groups is 1. The second-order valence-corrected chi connectivity index (χ2v) is 3.43. The Labute approximate surface area is 78.6 Å². The third-order valence-electron chi connectivity index (χ3n) is 1.68. The van der Waals surface area contributed by atoms with Gasteiger partial charge >= 0.3 is 5.97 Å². The molecular weight excluding hydrogens is 168 g/mol. The molecule has 0 bridgehead atoms. The molecule has 0 rings (SSSR count). The Balaban J connectivity index is 3.76. The maximum absolute atomic E-state index is 10.4. The summed E-state index contributed by atoms with van der Waals surface area (Å²) in [6.07, 6.45) is 2.94. The van der Waals surface area contributed by atoms with Crippen molar-refractivity contribution in [2.45, 2.75) is 38.8 Å². The molecule has 76 valence electrons. The van der Waals surface area contributed by atoms with Crippen LogP contribution in [0.5, 0.6) is 0 Å². The van der Waals surface area contributed by atoms with Crippen LogP contribution in [0.3, 0.4) is 0 Å². The van der Waals surface area contributed by atoms with Crippen molar-refractivity contribution < 1.29 is 9.90 Å². The third kappa shape index (κ3) is 6.31. The van der Waals surface area contributed by atoms with Crippen LogP contribution >= 0.6 is 0 Å². The van der Waals surface area contributed by atoms with E-state index in [1.807, 2.05) is 19.9 Å². The molecule has 0 amide bonds. The molecule has 13 heavy (non-hydrogen) atoms. The van der Waals surface area contributed by atoms with Crippen LogP contribution in [0.1, 0.15) is 26.7 Å². The van der Waals surface area contributed by atoms with E-state index < -0.39 is 12.0 Å². The van der Waals surface area contributed by atoms with Crippen LogP contribution in [-0.4, -0.2) is 23.2 Å². The maximum Gasteiger partial charge on any atom is 0.320 e. The number of allylic oxidation sites excluding steroid dienone is 1. The summed E-state index contributed by atoms with van der Waals surface area (Å²) >= 11 is 0. The van der Waals surface area contributed by atoms with Crippen molar-refractivity contribution in [3.05, 3.63) is 11.6 Å². The molecule has 0 aliphatic carbocycles. The van der Waals surface area contributed by atoms with Gasteiger partial charge in [-0.25, -0.2) is 0 Å². The number of carboxylic acids is 1. The summed E-state index contributed by atoms with van der Waals surface area (Å²) in [6, 6.07) is -0.882. The zero-order valence-corrected chi connectivity index (χ0v) is 8.16. The van der Waals surface area contributed by atoms with E-state index in [0.29, 0.717) is 12.8 Å². The lowest BCUT2D eigenvalue weighted by atomic mass is 10.1. The highest BCUT2D eigenvalue weighted by Gasteiger charge is 2.11. The van der Waals surface area contributed by atoms with Gasteiger partial charge in [-0.1, -0.05) is 11.6 Å². The van der Waals surface area contributed by atoms with Crippen LogP contribution in [0.25, 0.3) is 0 Å². The monoisotopic (exact) mass is 186 g/mol. The fourth-order valence-corrected chi connectivity index (χ4v) is 1.01. The van der Waals surface area contributed by atoms with Crippen LogP contribution in [0.4, 0.5) is 0 Å². The summed E-state index contributed by atoms with van der Waals surface area (Å²) in [7, 11) is 0. The Morgan fingerprint density at radius 3 is 2.31 bits per heavy atom. The summed E-state index contributed by atoms with van der Waals surface area (Å²) in [4.78, 5) is 10.4. The molecule has 0 aromatic carbocycles. The highest BCUT2D eigenvalue weighted by molar-refractivity contribution is 5.72. The Morgan fingerprint density at radius 2 is 1.92 bits per heavy atom. The number of carboxylic acid groups (broad SMARTS) is 1. The number of hydrogen-bond donors (Lipinski definition) is 3. The fourth-order valence-electron chi connectivity index (χ4n) is 1.01. The van der Waals surface area contributed by atoms with Gasteiger partial charge in [0.15, 0.2) is 0 Å². The molecule has 0 saturated heterocycles.